The molecule has 0 N–H and O–H groups in total. The number of aryl methyl sites for hydroxylation is 2. The van der Waals surface area contributed by atoms with Crippen LogP contribution in [-0.2, 0) is 13.0 Å². The molecule has 0 saturated carbocycles. The molecule has 0 fully saturated rings. The normalized spacial score (nSPS) is 10.3. The zero-order valence-corrected chi connectivity index (χ0v) is 8.41. The smallest absolute Gasteiger partial charge is 0.253 e. The zero-order valence-electron chi connectivity index (χ0n) is 7.59. The van der Waals surface area contributed by atoms with Gasteiger partial charge in [-0.15, -0.1) is 0 Å². The van der Waals surface area contributed by atoms with E-state index in [1.165, 1.54) is 17.8 Å². The summed E-state index contributed by atoms with van der Waals surface area (Å²) in [6.07, 6.45) is 3.98. The van der Waals surface area contributed by atoms with E-state index in [-0.39, 0.29) is 5.56 Å². The van der Waals surface area contributed by atoms with Gasteiger partial charge in [0.1, 0.15) is 0 Å². The van der Waals surface area contributed by atoms with Gasteiger partial charge >= 0.3 is 0 Å². The Labute approximate surface area is 85.7 Å². The highest BCUT2D eigenvalue weighted by Crippen LogP contribution is 2.06. The number of hydrogen-bond donors (Lipinski definition) is 0. The molecule has 0 radical (unpaired) electrons. The number of aromatic nitrogens is 2. The van der Waals surface area contributed by atoms with Gasteiger partial charge in [0.2, 0.25) is 0 Å². The Morgan fingerprint density at radius 1 is 1.43 bits per heavy atom. The van der Waals surface area contributed by atoms with Crippen LogP contribution in [0.3, 0.4) is 0 Å². The van der Waals surface area contributed by atoms with Crippen LogP contribution in [0.15, 0.2) is 40.2 Å². The van der Waals surface area contributed by atoms with E-state index < -0.39 is 0 Å². The van der Waals surface area contributed by atoms with Crippen molar-refractivity contribution in [1.82, 2.24) is 9.55 Å². The van der Waals surface area contributed by atoms with Crippen LogP contribution in [0.1, 0.15) is 5.56 Å². The second-order valence-corrected chi connectivity index (χ2v) is 3.77. The third-order valence-corrected chi connectivity index (χ3v) is 2.75. The number of hydrogen-bond acceptors (Lipinski definition) is 3. The predicted octanol–water partition coefficient (Wildman–Crippen LogP) is 1.55. The molecule has 2 aromatic heterocycles. The van der Waals surface area contributed by atoms with Crippen molar-refractivity contribution >= 4 is 11.3 Å². The molecule has 0 aliphatic carbocycles. The highest BCUT2D eigenvalue weighted by atomic mass is 32.1. The molecule has 0 aromatic carbocycles. The first-order chi connectivity index (χ1) is 6.86. The minimum absolute atomic E-state index is 0.00947. The summed E-state index contributed by atoms with van der Waals surface area (Å²) in [7, 11) is 0. The van der Waals surface area contributed by atoms with Gasteiger partial charge in [-0.05, 0) is 28.8 Å². The van der Waals surface area contributed by atoms with Crippen LogP contribution >= 0.6 is 11.3 Å². The minimum Gasteiger partial charge on any atom is -0.299 e. The van der Waals surface area contributed by atoms with Crippen molar-refractivity contribution in [2.24, 2.45) is 0 Å². The molecule has 0 atom stereocenters. The Morgan fingerprint density at radius 3 is 3.07 bits per heavy atom. The van der Waals surface area contributed by atoms with Crippen LogP contribution < -0.4 is 5.56 Å². The summed E-state index contributed by atoms with van der Waals surface area (Å²) < 4.78 is 1.62. The lowest BCUT2D eigenvalue weighted by atomic mass is 10.2. The highest BCUT2D eigenvalue weighted by molar-refractivity contribution is 7.07. The quantitative estimate of drug-likeness (QED) is 0.763. The van der Waals surface area contributed by atoms with Gasteiger partial charge in [-0.1, -0.05) is 0 Å². The Morgan fingerprint density at radius 2 is 2.36 bits per heavy atom. The highest BCUT2D eigenvalue weighted by Gasteiger charge is 1.96. The molecule has 0 amide bonds. The van der Waals surface area contributed by atoms with Gasteiger partial charge in [0, 0.05) is 18.8 Å². The molecule has 0 unspecified atom stereocenters. The molecular formula is C10H10N2OS. The lowest BCUT2D eigenvalue weighted by Gasteiger charge is -2.01. The minimum atomic E-state index is 0.00947. The molecule has 14 heavy (non-hydrogen) atoms. The second-order valence-electron chi connectivity index (χ2n) is 2.99. The Kier molecular flexibility index (Phi) is 2.74. The summed E-state index contributed by atoms with van der Waals surface area (Å²) in [5.41, 5.74) is 1.28. The Hall–Kier alpha value is -1.42. The van der Waals surface area contributed by atoms with Crippen molar-refractivity contribution < 1.29 is 0 Å². The summed E-state index contributed by atoms with van der Waals surface area (Å²) in [5, 5.41) is 4.14. The van der Waals surface area contributed by atoms with Crippen LogP contribution in [-0.4, -0.2) is 9.55 Å². The van der Waals surface area contributed by atoms with E-state index >= 15 is 0 Å². The molecule has 2 heterocycles. The Bertz CT molecular complexity index is 447. The van der Waals surface area contributed by atoms with Crippen molar-refractivity contribution in [3.05, 3.63) is 51.3 Å². The third-order valence-electron chi connectivity index (χ3n) is 2.01. The number of nitrogens with zero attached hydrogens (tertiary/aromatic N) is 2. The monoisotopic (exact) mass is 206 g/mol. The van der Waals surface area contributed by atoms with Gasteiger partial charge in [-0.2, -0.15) is 11.3 Å². The van der Waals surface area contributed by atoms with Crippen molar-refractivity contribution in [2.75, 3.05) is 0 Å². The molecule has 0 aliphatic rings. The zero-order chi connectivity index (χ0) is 9.80. The first-order valence-electron chi connectivity index (χ1n) is 4.38. The summed E-state index contributed by atoms with van der Waals surface area (Å²) in [5.74, 6) is 0. The van der Waals surface area contributed by atoms with Gasteiger partial charge in [0.05, 0.1) is 6.33 Å². The van der Waals surface area contributed by atoms with Gasteiger partial charge in [0.15, 0.2) is 0 Å². The van der Waals surface area contributed by atoms with E-state index in [4.69, 9.17) is 0 Å². The topological polar surface area (TPSA) is 34.9 Å². The van der Waals surface area contributed by atoms with E-state index in [0.717, 1.165) is 6.42 Å². The maximum atomic E-state index is 11.3. The van der Waals surface area contributed by atoms with Crippen LogP contribution in [0.2, 0.25) is 0 Å². The third kappa shape index (κ3) is 2.09. The van der Waals surface area contributed by atoms with Crippen LogP contribution in [0, 0.1) is 0 Å². The average Bonchev–Trinajstić information content (AvgIpc) is 2.69. The lowest BCUT2D eigenvalue weighted by molar-refractivity contribution is 0.655. The molecule has 3 nitrogen and oxygen atoms in total. The van der Waals surface area contributed by atoms with Crippen LogP contribution in [0.5, 0.6) is 0 Å². The van der Waals surface area contributed by atoms with Gasteiger partial charge in [-0.25, -0.2) is 4.98 Å². The number of rotatable bonds is 3. The van der Waals surface area contributed by atoms with Crippen LogP contribution in [0.4, 0.5) is 0 Å². The first-order valence-corrected chi connectivity index (χ1v) is 5.32. The van der Waals surface area contributed by atoms with Crippen molar-refractivity contribution in [3.8, 4) is 0 Å². The van der Waals surface area contributed by atoms with Crippen molar-refractivity contribution in [1.29, 1.82) is 0 Å². The Balaban J connectivity index is 2.06. The predicted molar refractivity (Wildman–Crippen MR) is 56.5 cm³/mol. The van der Waals surface area contributed by atoms with E-state index in [1.54, 1.807) is 22.2 Å². The molecule has 2 rings (SSSR count). The van der Waals surface area contributed by atoms with Gasteiger partial charge in [0.25, 0.3) is 5.56 Å². The molecule has 72 valence electrons. The summed E-state index contributed by atoms with van der Waals surface area (Å²) in [6, 6.07) is 3.56. The molecule has 0 bridgehead atoms. The maximum absolute atomic E-state index is 11.3. The van der Waals surface area contributed by atoms with E-state index in [2.05, 4.69) is 16.4 Å². The molecule has 0 spiro atoms. The summed E-state index contributed by atoms with van der Waals surface area (Å²) in [6.45, 7) is 0.698. The van der Waals surface area contributed by atoms with E-state index in [9.17, 15) is 4.79 Å². The molecular weight excluding hydrogens is 196 g/mol. The summed E-state index contributed by atoms with van der Waals surface area (Å²) >= 11 is 1.68. The molecule has 0 aliphatic heterocycles. The fraction of sp³-hybridized carbons (Fsp3) is 0.200. The molecule has 2 aromatic rings. The fourth-order valence-electron chi connectivity index (χ4n) is 1.23. The fourth-order valence-corrected chi connectivity index (χ4v) is 1.93. The molecule has 0 saturated heterocycles. The first kappa shape index (κ1) is 9.15. The largest absolute Gasteiger partial charge is 0.299 e. The standard InChI is InChI=1S/C10H10N2OS/c13-10-1-4-11-8-12(10)5-2-9-3-6-14-7-9/h1,3-4,6-8H,2,5H2. The van der Waals surface area contributed by atoms with Crippen molar-refractivity contribution in [3.63, 3.8) is 0 Å². The van der Waals surface area contributed by atoms with Crippen LogP contribution in [0.25, 0.3) is 0 Å². The van der Waals surface area contributed by atoms with E-state index in [0.29, 0.717) is 6.54 Å². The average molecular weight is 206 g/mol. The van der Waals surface area contributed by atoms with Crippen molar-refractivity contribution in [2.45, 2.75) is 13.0 Å². The summed E-state index contributed by atoms with van der Waals surface area (Å²) in [4.78, 5) is 15.2. The van der Waals surface area contributed by atoms with Gasteiger partial charge in [-0.3, -0.25) is 9.36 Å². The second kappa shape index (κ2) is 4.19. The van der Waals surface area contributed by atoms with E-state index in [1.807, 2.05) is 5.38 Å². The van der Waals surface area contributed by atoms with Gasteiger partial charge < -0.3 is 0 Å². The lowest BCUT2D eigenvalue weighted by Crippen LogP contribution is -2.19. The number of thiophene rings is 1. The molecule has 4 heteroatoms. The maximum Gasteiger partial charge on any atom is 0.253 e. The SMILES string of the molecule is O=c1ccncn1CCc1ccsc1.